The van der Waals surface area contributed by atoms with Crippen LogP contribution in [0.25, 0.3) is 10.9 Å². The van der Waals surface area contributed by atoms with Gasteiger partial charge in [-0.25, -0.2) is 9.67 Å². The largest absolute Gasteiger partial charge is 0.495 e. The lowest BCUT2D eigenvalue weighted by Gasteiger charge is -2.29. The molecule has 0 spiro atoms. The van der Waals surface area contributed by atoms with Gasteiger partial charge in [0.25, 0.3) is 0 Å². The van der Waals surface area contributed by atoms with Crippen LogP contribution < -0.4 is 18.9 Å². The van der Waals surface area contributed by atoms with Crippen molar-refractivity contribution in [3.8, 4) is 34.8 Å². The van der Waals surface area contributed by atoms with Gasteiger partial charge in [-0.3, -0.25) is 4.79 Å². The SMILES string of the molecule is CC#Cc1c(OC)ccc2c(C(=O)c3cc(OC)c(OC)c(OC)c3)nn(C[N+](C)(C)Cc3ncc(N=O)n3C)c12. The van der Waals surface area contributed by atoms with E-state index in [0.717, 1.165) is 0 Å². The number of quaternary nitrogens is 1. The van der Waals surface area contributed by atoms with Crippen LogP contribution in [-0.2, 0) is 20.3 Å². The minimum atomic E-state index is -0.329. The number of hydrogen-bond acceptors (Lipinski definition) is 9. The second kappa shape index (κ2) is 11.7. The molecule has 0 fully saturated rings. The van der Waals surface area contributed by atoms with Crippen molar-refractivity contribution in [2.45, 2.75) is 20.1 Å². The summed E-state index contributed by atoms with van der Waals surface area (Å²) in [5.41, 5.74) is 1.84. The molecule has 214 valence electrons. The molecule has 2 aromatic carbocycles. The van der Waals surface area contributed by atoms with Gasteiger partial charge in [0.05, 0.1) is 59.8 Å². The van der Waals surface area contributed by atoms with Crippen LogP contribution in [0.1, 0.15) is 34.4 Å². The van der Waals surface area contributed by atoms with Crippen LogP contribution in [0, 0.1) is 16.7 Å². The number of imidazole rings is 1. The van der Waals surface area contributed by atoms with Crippen LogP contribution in [0.15, 0.2) is 35.6 Å². The first kappa shape index (κ1) is 29.1. The third kappa shape index (κ3) is 5.44. The fraction of sp³-hybridized carbons (Fsp3) is 0.345. The molecule has 0 saturated heterocycles. The number of carbonyl (C=O) groups is 1. The number of carbonyl (C=O) groups excluding carboxylic acids is 1. The highest BCUT2D eigenvalue weighted by molar-refractivity contribution is 6.16. The number of fused-ring (bicyclic) bond motifs is 1. The minimum absolute atomic E-state index is 0.237. The van der Waals surface area contributed by atoms with Gasteiger partial charge in [-0.2, -0.15) is 5.10 Å². The second-order valence-electron chi connectivity index (χ2n) is 9.92. The first-order chi connectivity index (χ1) is 19.6. The highest BCUT2D eigenvalue weighted by Gasteiger charge is 2.28. The Labute approximate surface area is 237 Å². The van der Waals surface area contributed by atoms with Gasteiger partial charge in [0.1, 0.15) is 18.0 Å². The molecule has 0 radical (unpaired) electrons. The van der Waals surface area contributed by atoms with Gasteiger partial charge in [-0.15, -0.1) is 10.8 Å². The van der Waals surface area contributed by atoms with Crippen LogP contribution in [0.4, 0.5) is 5.82 Å². The number of ketones is 1. The van der Waals surface area contributed by atoms with Crippen molar-refractivity contribution in [3.63, 3.8) is 0 Å². The average Bonchev–Trinajstić information content (AvgIpc) is 3.50. The molecular formula is C29H33N6O6+. The fourth-order valence-corrected chi connectivity index (χ4v) is 4.76. The van der Waals surface area contributed by atoms with Crippen molar-refractivity contribution in [3.05, 3.63) is 58.0 Å². The van der Waals surface area contributed by atoms with Crippen LogP contribution in [0.2, 0.25) is 0 Å². The molecule has 41 heavy (non-hydrogen) atoms. The number of methoxy groups -OCH3 is 4. The van der Waals surface area contributed by atoms with E-state index >= 15 is 0 Å². The summed E-state index contributed by atoms with van der Waals surface area (Å²) >= 11 is 0. The van der Waals surface area contributed by atoms with Gasteiger partial charge in [-0.1, -0.05) is 5.92 Å². The summed E-state index contributed by atoms with van der Waals surface area (Å²) in [5.74, 6) is 8.34. The second-order valence-corrected chi connectivity index (χ2v) is 9.92. The van der Waals surface area contributed by atoms with E-state index in [2.05, 4.69) is 22.0 Å². The molecule has 0 N–H and O–H groups in total. The van der Waals surface area contributed by atoms with Gasteiger partial charge < -0.3 is 28.0 Å². The van der Waals surface area contributed by atoms with Crippen molar-refractivity contribution >= 4 is 22.5 Å². The zero-order valence-electron chi connectivity index (χ0n) is 24.4. The third-order valence-corrected chi connectivity index (χ3v) is 6.73. The third-order valence-electron chi connectivity index (χ3n) is 6.73. The molecule has 0 atom stereocenters. The molecule has 4 rings (SSSR count). The Morgan fingerprint density at radius 1 is 1.02 bits per heavy atom. The number of aromatic nitrogens is 4. The Morgan fingerprint density at radius 2 is 1.68 bits per heavy atom. The summed E-state index contributed by atoms with van der Waals surface area (Å²) in [6, 6.07) is 6.79. The molecule has 12 nitrogen and oxygen atoms in total. The average molecular weight is 562 g/mol. The normalized spacial score (nSPS) is 11.1. The summed E-state index contributed by atoms with van der Waals surface area (Å²) in [7, 11) is 11.8. The lowest BCUT2D eigenvalue weighted by atomic mass is 10.0. The maximum Gasteiger partial charge on any atom is 0.214 e. The minimum Gasteiger partial charge on any atom is -0.495 e. The standard InChI is InChI=1S/C29H33N6O6/c1-9-10-19-21(38-5)12-11-20-26(28(36)18-13-22(39-6)29(41-8)23(14-18)40-7)31-34(27(19)20)17-35(3,4)16-25-30-15-24(32-37)33(25)2/h11-15H,16-17H2,1-8H3/q+1. The van der Waals surface area contributed by atoms with Gasteiger partial charge >= 0.3 is 0 Å². The number of nitrogens with zero attached hydrogens (tertiary/aromatic N) is 6. The van der Waals surface area contributed by atoms with Crippen molar-refractivity contribution in [2.75, 3.05) is 42.5 Å². The van der Waals surface area contributed by atoms with E-state index in [1.54, 1.807) is 48.5 Å². The molecule has 0 bridgehead atoms. The number of nitroso groups, excluding NO2 is 1. The lowest BCUT2D eigenvalue weighted by molar-refractivity contribution is -0.926. The van der Waals surface area contributed by atoms with E-state index < -0.39 is 0 Å². The van der Waals surface area contributed by atoms with Gasteiger partial charge in [0.2, 0.25) is 11.5 Å². The van der Waals surface area contributed by atoms with E-state index in [0.29, 0.717) is 68.5 Å². The fourth-order valence-electron chi connectivity index (χ4n) is 4.76. The molecule has 12 heteroatoms. The number of ether oxygens (including phenoxy) is 4. The first-order valence-electron chi connectivity index (χ1n) is 12.6. The summed E-state index contributed by atoms with van der Waals surface area (Å²) < 4.78 is 25.8. The topological polar surface area (TPSA) is 119 Å². The smallest absolute Gasteiger partial charge is 0.214 e. The maximum absolute atomic E-state index is 14.0. The number of hydrogen-bond donors (Lipinski definition) is 0. The van der Waals surface area contributed by atoms with Crippen molar-refractivity contribution in [1.82, 2.24) is 19.3 Å². The zero-order chi connectivity index (χ0) is 29.9. The number of benzene rings is 2. The van der Waals surface area contributed by atoms with E-state index in [9.17, 15) is 9.70 Å². The van der Waals surface area contributed by atoms with Crippen molar-refractivity contribution in [2.24, 2.45) is 12.2 Å². The molecule has 0 unspecified atom stereocenters. The Balaban J connectivity index is 1.89. The predicted molar refractivity (Wildman–Crippen MR) is 153 cm³/mol. The summed E-state index contributed by atoms with van der Waals surface area (Å²) in [4.78, 5) is 29.5. The summed E-state index contributed by atoms with van der Waals surface area (Å²) in [5, 5.41) is 8.46. The monoisotopic (exact) mass is 561 g/mol. The summed E-state index contributed by atoms with van der Waals surface area (Å²) in [6.07, 6.45) is 1.44. The molecule has 0 amide bonds. The van der Waals surface area contributed by atoms with Crippen LogP contribution in [0.3, 0.4) is 0 Å². The molecule has 0 aliphatic carbocycles. The Hall–Kier alpha value is -4.89. The highest BCUT2D eigenvalue weighted by Crippen LogP contribution is 2.39. The van der Waals surface area contributed by atoms with E-state index in [-0.39, 0.29) is 17.3 Å². The van der Waals surface area contributed by atoms with Gasteiger partial charge in [0.15, 0.2) is 29.8 Å². The molecule has 4 aromatic rings. The highest BCUT2D eigenvalue weighted by atomic mass is 16.5. The molecule has 2 aromatic heterocycles. The number of rotatable bonds is 11. The van der Waals surface area contributed by atoms with Crippen molar-refractivity contribution < 1.29 is 28.2 Å². The summed E-state index contributed by atoms with van der Waals surface area (Å²) in [6.45, 7) is 2.55. The van der Waals surface area contributed by atoms with Crippen LogP contribution in [0.5, 0.6) is 23.0 Å². The van der Waals surface area contributed by atoms with Gasteiger partial charge in [0, 0.05) is 18.0 Å². The quantitative estimate of drug-likeness (QED) is 0.117. The molecule has 0 aliphatic heterocycles. The van der Waals surface area contributed by atoms with Gasteiger partial charge in [-0.05, 0) is 36.4 Å². The molecular weight excluding hydrogens is 528 g/mol. The Bertz CT molecular complexity index is 1670. The predicted octanol–water partition coefficient (Wildman–Crippen LogP) is 4.04. The zero-order valence-corrected chi connectivity index (χ0v) is 24.4. The molecule has 0 saturated carbocycles. The van der Waals surface area contributed by atoms with E-state index in [1.807, 2.05) is 20.2 Å². The molecule has 0 aliphatic rings. The maximum atomic E-state index is 14.0. The van der Waals surface area contributed by atoms with E-state index in [4.69, 9.17) is 24.0 Å². The molecule has 2 heterocycles. The van der Waals surface area contributed by atoms with Crippen molar-refractivity contribution in [1.29, 1.82) is 0 Å². The van der Waals surface area contributed by atoms with E-state index in [1.165, 1.54) is 27.5 Å². The Morgan fingerprint density at radius 3 is 2.22 bits per heavy atom. The van der Waals surface area contributed by atoms with Crippen LogP contribution in [-0.4, -0.2) is 72.1 Å². The Kier molecular flexibility index (Phi) is 8.30. The lowest BCUT2D eigenvalue weighted by Crippen LogP contribution is -2.41. The van der Waals surface area contributed by atoms with Crippen LogP contribution >= 0.6 is 0 Å². The first-order valence-corrected chi connectivity index (χ1v) is 12.6.